The Hall–Kier alpha value is -2.49. The number of carbonyl (C=O) groups is 1. The molecule has 2 aromatic heterocycles. The molecule has 2 heterocycles. The lowest BCUT2D eigenvalue weighted by molar-refractivity contribution is -0.185. The van der Waals surface area contributed by atoms with Gasteiger partial charge in [0, 0.05) is 12.7 Å². The van der Waals surface area contributed by atoms with Gasteiger partial charge in [-0.25, -0.2) is 14.6 Å². The number of hydrogen-bond donors (Lipinski definition) is 1. The van der Waals surface area contributed by atoms with E-state index in [0.717, 1.165) is 0 Å². The number of hydrogen-bond acceptors (Lipinski definition) is 5. The Kier molecular flexibility index (Phi) is 5.27. The molecule has 1 atom stereocenters. The van der Waals surface area contributed by atoms with Gasteiger partial charge < -0.3 is 10.1 Å². The molecule has 10 heteroatoms. The predicted molar refractivity (Wildman–Crippen MR) is 72.5 cm³/mol. The van der Waals surface area contributed by atoms with Gasteiger partial charge in [-0.3, -0.25) is 4.79 Å². The fraction of sp³-hybridized carbons (Fsp3) is 0.385. The van der Waals surface area contributed by atoms with Crippen molar-refractivity contribution in [2.75, 3.05) is 6.61 Å². The molecule has 0 unspecified atom stereocenters. The maximum absolute atomic E-state index is 12.0. The number of amides is 1. The maximum atomic E-state index is 12.0. The van der Waals surface area contributed by atoms with Crippen molar-refractivity contribution in [3.05, 3.63) is 36.5 Å². The van der Waals surface area contributed by atoms with Crippen LogP contribution in [-0.2, 0) is 16.1 Å². The third-order valence-corrected chi connectivity index (χ3v) is 2.80. The van der Waals surface area contributed by atoms with Crippen molar-refractivity contribution < 1.29 is 22.7 Å². The van der Waals surface area contributed by atoms with Gasteiger partial charge in [0.25, 0.3) is 0 Å². The molecule has 2 rings (SSSR count). The largest absolute Gasteiger partial charge is 0.411 e. The van der Waals surface area contributed by atoms with Crippen LogP contribution < -0.4 is 5.32 Å². The number of ether oxygens (including phenoxy) is 1. The Labute approximate surface area is 129 Å². The van der Waals surface area contributed by atoms with Crippen LogP contribution in [0.3, 0.4) is 0 Å². The fourth-order valence-corrected chi connectivity index (χ4v) is 1.61. The standard InChI is InChI=1S/C13H14F3N5O2/c1-9(23-6-13(14,15)16)12(22)19-5-10-2-3-11(18-4-10)21-8-17-7-20-21/h2-4,7-9H,5-6H2,1H3,(H,19,22)/t9-/m1/s1. The van der Waals surface area contributed by atoms with Crippen molar-refractivity contribution in [2.24, 2.45) is 0 Å². The van der Waals surface area contributed by atoms with Crippen LogP contribution in [0.4, 0.5) is 13.2 Å². The highest BCUT2D eigenvalue weighted by Crippen LogP contribution is 2.15. The summed E-state index contributed by atoms with van der Waals surface area (Å²) in [5.74, 6) is -0.0749. The zero-order valence-electron chi connectivity index (χ0n) is 12.1. The van der Waals surface area contributed by atoms with Gasteiger partial charge in [-0.05, 0) is 18.6 Å². The number of nitrogens with one attached hydrogen (secondary N) is 1. The van der Waals surface area contributed by atoms with E-state index < -0.39 is 24.8 Å². The lowest BCUT2D eigenvalue weighted by Crippen LogP contribution is -2.36. The minimum atomic E-state index is -4.46. The Morgan fingerprint density at radius 1 is 1.43 bits per heavy atom. The maximum Gasteiger partial charge on any atom is 0.411 e. The molecule has 0 bridgehead atoms. The Bertz CT molecular complexity index is 628. The summed E-state index contributed by atoms with van der Waals surface area (Å²) in [6.07, 6.45) is -1.27. The minimum absolute atomic E-state index is 0.128. The van der Waals surface area contributed by atoms with E-state index in [0.29, 0.717) is 11.4 Å². The molecule has 0 saturated carbocycles. The third-order valence-electron chi connectivity index (χ3n) is 2.80. The fourth-order valence-electron chi connectivity index (χ4n) is 1.61. The smallest absolute Gasteiger partial charge is 0.359 e. The molecular weight excluding hydrogens is 315 g/mol. The van der Waals surface area contributed by atoms with E-state index in [4.69, 9.17) is 0 Å². The van der Waals surface area contributed by atoms with Gasteiger partial charge in [0.1, 0.15) is 25.4 Å². The number of pyridine rings is 1. The first-order valence-electron chi connectivity index (χ1n) is 6.61. The average molecular weight is 329 g/mol. The van der Waals surface area contributed by atoms with E-state index in [1.165, 1.54) is 30.5 Å². The van der Waals surface area contributed by atoms with E-state index in [9.17, 15) is 18.0 Å². The lowest BCUT2D eigenvalue weighted by Gasteiger charge is -2.14. The summed E-state index contributed by atoms with van der Waals surface area (Å²) >= 11 is 0. The van der Waals surface area contributed by atoms with Crippen LogP contribution in [0.1, 0.15) is 12.5 Å². The van der Waals surface area contributed by atoms with Crippen molar-refractivity contribution >= 4 is 5.91 Å². The average Bonchev–Trinajstić information content (AvgIpc) is 3.04. The second-order valence-electron chi connectivity index (χ2n) is 4.65. The second kappa shape index (κ2) is 7.18. The summed E-state index contributed by atoms with van der Waals surface area (Å²) in [5, 5.41) is 6.40. The highest BCUT2D eigenvalue weighted by Gasteiger charge is 2.29. The molecule has 1 N–H and O–H groups in total. The normalized spacial score (nSPS) is 12.9. The number of nitrogens with zero attached hydrogens (tertiary/aromatic N) is 4. The van der Waals surface area contributed by atoms with Crippen molar-refractivity contribution in [2.45, 2.75) is 25.7 Å². The number of halogens is 3. The topological polar surface area (TPSA) is 81.9 Å². The number of aromatic nitrogens is 4. The first kappa shape index (κ1) is 16.9. The molecule has 0 aromatic carbocycles. The van der Waals surface area contributed by atoms with E-state index in [2.05, 4.69) is 25.1 Å². The van der Waals surface area contributed by atoms with Gasteiger partial charge in [0.2, 0.25) is 5.91 Å². The Balaban J connectivity index is 1.82. The van der Waals surface area contributed by atoms with Crippen LogP contribution in [0.2, 0.25) is 0 Å². The van der Waals surface area contributed by atoms with Crippen molar-refractivity contribution in [3.63, 3.8) is 0 Å². The first-order chi connectivity index (χ1) is 10.8. The van der Waals surface area contributed by atoms with Crippen LogP contribution in [0, 0.1) is 0 Å². The first-order valence-corrected chi connectivity index (χ1v) is 6.61. The molecule has 0 aliphatic carbocycles. The van der Waals surface area contributed by atoms with Gasteiger partial charge in [-0.1, -0.05) is 6.07 Å². The monoisotopic (exact) mass is 329 g/mol. The van der Waals surface area contributed by atoms with Gasteiger partial charge in [0.05, 0.1) is 0 Å². The summed E-state index contributed by atoms with van der Waals surface area (Å²) in [5.41, 5.74) is 0.685. The van der Waals surface area contributed by atoms with Gasteiger partial charge in [0.15, 0.2) is 5.82 Å². The van der Waals surface area contributed by atoms with Crippen LogP contribution in [0.15, 0.2) is 31.0 Å². The molecule has 7 nitrogen and oxygen atoms in total. The number of alkyl halides is 3. The summed E-state index contributed by atoms with van der Waals surface area (Å²) in [4.78, 5) is 19.6. The van der Waals surface area contributed by atoms with E-state index in [1.54, 1.807) is 12.1 Å². The highest BCUT2D eigenvalue weighted by molar-refractivity contribution is 5.80. The summed E-state index contributed by atoms with van der Waals surface area (Å²) < 4.78 is 41.9. The van der Waals surface area contributed by atoms with E-state index in [1.807, 2.05) is 0 Å². The summed E-state index contributed by atoms with van der Waals surface area (Å²) in [7, 11) is 0. The van der Waals surface area contributed by atoms with Crippen molar-refractivity contribution in [3.8, 4) is 5.82 Å². The third kappa shape index (κ3) is 5.33. The van der Waals surface area contributed by atoms with Crippen LogP contribution in [0.5, 0.6) is 0 Å². The molecule has 0 aliphatic rings. The second-order valence-corrected chi connectivity index (χ2v) is 4.65. The zero-order chi connectivity index (χ0) is 16.9. The molecule has 0 aliphatic heterocycles. The lowest BCUT2D eigenvalue weighted by atomic mass is 10.2. The molecule has 0 fully saturated rings. The van der Waals surface area contributed by atoms with Gasteiger partial charge >= 0.3 is 6.18 Å². The molecule has 23 heavy (non-hydrogen) atoms. The Morgan fingerprint density at radius 2 is 2.22 bits per heavy atom. The molecular formula is C13H14F3N5O2. The quantitative estimate of drug-likeness (QED) is 0.862. The zero-order valence-corrected chi connectivity index (χ0v) is 12.1. The summed E-state index contributed by atoms with van der Waals surface area (Å²) in [6.45, 7) is -0.0773. The molecule has 0 spiro atoms. The van der Waals surface area contributed by atoms with Gasteiger partial charge in [-0.15, -0.1) is 0 Å². The highest BCUT2D eigenvalue weighted by atomic mass is 19.4. The van der Waals surface area contributed by atoms with E-state index >= 15 is 0 Å². The predicted octanol–water partition coefficient (Wildman–Crippen LogP) is 1.25. The van der Waals surface area contributed by atoms with E-state index in [-0.39, 0.29) is 6.54 Å². The van der Waals surface area contributed by atoms with Crippen molar-refractivity contribution in [1.29, 1.82) is 0 Å². The van der Waals surface area contributed by atoms with Crippen LogP contribution in [0.25, 0.3) is 5.82 Å². The molecule has 0 radical (unpaired) electrons. The minimum Gasteiger partial charge on any atom is -0.359 e. The Morgan fingerprint density at radius 3 is 2.78 bits per heavy atom. The molecule has 124 valence electrons. The molecule has 1 amide bonds. The molecule has 0 saturated heterocycles. The van der Waals surface area contributed by atoms with Crippen LogP contribution >= 0.6 is 0 Å². The number of carbonyl (C=O) groups excluding carboxylic acids is 1. The van der Waals surface area contributed by atoms with Gasteiger partial charge in [-0.2, -0.15) is 18.3 Å². The molecule has 2 aromatic rings. The van der Waals surface area contributed by atoms with Crippen molar-refractivity contribution in [1.82, 2.24) is 25.1 Å². The number of rotatable bonds is 6. The summed E-state index contributed by atoms with van der Waals surface area (Å²) in [6, 6.07) is 3.39. The SMILES string of the molecule is C[C@@H](OCC(F)(F)F)C(=O)NCc1ccc(-n2cncn2)nc1. The van der Waals surface area contributed by atoms with Crippen LogP contribution in [-0.4, -0.2) is 44.5 Å².